The molecule has 17 heavy (non-hydrogen) atoms. The minimum atomic E-state index is -0.485. The van der Waals surface area contributed by atoms with Gasteiger partial charge in [0.15, 0.2) is 0 Å². The van der Waals surface area contributed by atoms with Crippen molar-refractivity contribution >= 4 is 12.0 Å². The summed E-state index contributed by atoms with van der Waals surface area (Å²) in [5.74, 6) is 0.0680. The van der Waals surface area contributed by atoms with E-state index >= 15 is 0 Å². The number of nitrogens with one attached hydrogen (secondary N) is 1. The van der Waals surface area contributed by atoms with Crippen LogP contribution in [0.2, 0.25) is 0 Å². The van der Waals surface area contributed by atoms with E-state index in [9.17, 15) is 9.59 Å². The number of hydrogen-bond acceptors (Lipinski definition) is 3. The number of amides is 2. The molecule has 1 N–H and O–H groups in total. The standard InChI is InChI=1S/C12H22N2O3/c1-9(15)14(10-5-6-10)8-7-13-11(16)17-12(2,3)4/h10H,5-8H2,1-4H3,(H,13,16). The van der Waals surface area contributed by atoms with Crippen LogP contribution < -0.4 is 5.32 Å². The number of carbonyl (C=O) groups excluding carboxylic acids is 2. The molecule has 1 saturated carbocycles. The van der Waals surface area contributed by atoms with E-state index < -0.39 is 11.7 Å². The Bertz CT molecular complexity index is 293. The van der Waals surface area contributed by atoms with E-state index in [1.807, 2.05) is 20.8 Å². The molecule has 1 rings (SSSR count). The molecule has 0 heterocycles. The molecular weight excluding hydrogens is 220 g/mol. The van der Waals surface area contributed by atoms with E-state index in [1.54, 1.807) is 11.8 Å². The van der Waals surface area contributed by atoms with Crippen molar-refractivity contribution in [2.45, 2.75) is 52.2 Å². The predicted molar refractivity (Wildman–Crippen MR) is 64.6 cm³/mol. The zero-order chi connectivity index (χ0) is 13.1. The van der Waals surface area contributed by atoms with Crippen molar-refractivity contribution < 1.29 is 14.3 Å². The lowest BCUT2D eigenvalue weighted by Gasteiger charge is -2.22. The minimum absolute atomic E-state index is 0.0680. The first-order valence-corrected chi connectivity index (χ1v) is 6.03. The van der Waals surface area contributed by atoms with Crippen molar-refractivity contribution in [2.24, 2.45) is 0 Å². The number of hydrogen-bond donors (Lipinski definition) is 1. The molecular formula is C12H22N2O3. The third-order valence-corrected chi connectivity index (χ3v) is 2.41. The number of ether oxygens (including phenoxy) is 1. The molecule has 5 heteroatoms. The molecule has 0 saturated heterocycles. The second-order valence-electron chi connectivity index (χ2n) is 5.37. The lowest BCUT2D eigenvalue weighted by molar-refractivity contribution is -0.129. The SMILES string of the molecule is CC(=O)N(CCNC(=O)OC(C)(C)C)C1CC1. The summed E-state index contributed by atoms with van der Waals surface area (Å²) in [6, 6.07) is 0.382. The van der Waals surface area contributed by atoms with Gasteiger partial charge in [0.1, 0.15) is 5.60 Å². The Kier molecular flexibility index (Phi) is 4.37. The van der Waals surface area contributed by atoms with Crippen molar-refractivity contribution in [3.05, 3.63) is 0 Å². The fourth-order valence-corrected chi connectivity index (χ4v) is 1.58. The smallest absolute Gasteiger partial charge is 0.407 e. The van der Waals surface area contributed by atoms with Gasteiger partial charge in [-0.25, -0.2) is 4.79 Å². The van der Waals surface area contributed by atoms with Crippen LogP contribution in [0.1, 0.15) is 40.5 Å². The van der Waals surface area contributed by atoms with E-state index in [0.717, 1.165) is 12.8 Å². The number of nitrogens with zero attached hydrogens (tertiary/aromatic N) is 1. The van der Waals surface area contributed by atoms with Gasteiger partial charge in [-0.2, -0.15) is 0 Å². The van der Waals surface area contributed by atoms with Gasteiger partial charge in [-0.05, 0) is 33.6 Å². The lowest BCUT2D eigenvalue weighted by atomic mass is 10.2. The van der Waals surface area contributed by atoms with Gasteiger partial charge in [0.25, 0.3) is 0 Å². The van der Waals surface area contributed by atoms with E-state index in [0.29, 0.717) is 19.1 Å². The Morgan fingerprint density at radius 1 is 1.35 bits per heavy atom. The zero-order valence-corrected chi connectivity index (χ0v) is 11.1. The predicted octanol–water partition coefficient (Wildman–Crippen LogP) is 1.52. The molecule has 1 aliphatic carbocycles. The fourth-order valence-electron chi connectivity index (χ4n) is 1.58. The Morgan fingerprint density at radius 3 is 2.35 bits per heavy atom. The lowest BCUT2D eigenvalue weighted by Crippen LogP contribution is -2.40. The molecule has 1 aliphatic rings. The summed E-state index contributed by atoms with van der Waals surface area (Å²) in [4.78, 5) is 24.5. The summed E-state index contributed by atoms with van der Waals surface area (Å²) in [5.41, 5.74) is -0.485. The van der Waals surface area contributed by atoms with Crippen molar-refractivity contribution in [1.82, 2.24) is 10.2 Å². The Labute approximate surface area is 102 Å². The molecule has 5 nitrogen and oxygen atoms in total. The van der Waals surface area contributed by atoms with Crippen molar-refractivity contribution in [2.75, 3.05) is 13.1 Å². The van der Waals surface area contributed by atoms with Crippen molar-refractivity contribution in [1.29, 1.82) is 0 Å². The largest absolute Gasteiger partial charge is 0.444 e. The highest BCUT2D eigenvalue weighted by atomic mass is 16.6. The molecule has 0 aromatic carbocycles. The molecule has 0 radical (unpaired) electrons. The maximum absolute atomic E-state index is 11.4. The molecule has 0 aromatic heterocycles. The summed E-state index contributed by atoms with van der Waals surface area (Å²) >= 11 is 0. The quantitative estimate of drug-likeness (QED) is 0.813. The van der Waals surface area contributed by atoms with Crippen molar-refractivity contribution in [3.63, 3.8) is 0 Å². The first-order valence-electron chi connectivity index (χ1n) is 6.03. The maximum atomic E-state index is 11.4. The third-order valence-electron chi connectivity index (χ3n) is 2.41. The number of alkyl carbamates (subject to hydrolysis) is 1. The van der Waals surface area contributed by atoms with Gasteiger partial charge in [-0.1, -0.05) is 0 Å². The summed E-state index contributed by atoms with van der Waals surface area (Å²) in [6.07, 6.45) is 1.72. The van der Waals surface area contributed by atoms with Gasteiger partial charge < -0.3 is 15.0 Å². The Balaban J connectivity index is 2.22. The summed E-state index contributed by atoms with van der Waals surface area (Å²) < 4.78 is 5.10. The number of rotatable bonds is 4. The van der Waals surface area contributed by atoms with Crippen LogP contribution in [0, 0.1) is 0 Å². The van der Waals surface area contributed by atoms with E-state index in [-0.39, 0.29) is 5.91 Å². The van der Waals surface area contributed by atoms with E-state index in [2.05, 4.69) is 5.32 Å². The fraction of sp³-hybridized carbons (Fsp3) is 0.833. The summed E-state index contributed by atoms with van der Waals surface area (Å²) in [5, 5.41) is 2.65. The molecule has 2 amide bonds. The second kappa shape index (κ2) is 5.38. The molecule has 0 bridgehead atoms. The van der Waals surface area contributed by atoms with Gasteiger partial charge in [-0.15, -0.1) is 0 Å². The third kappa shape index (κ3) is 5.56. The van der Waals surface area contributed by atoms with Crippen LogP contribution in [0.15, 0.2) is 0 Å². The summed E-state index contributed by atoms with van der Waals surface area (Å²) in [7, 11) is 0. The van der Waals surface area contributed by atoms with Crippen LogP contribution in [-0.4, -0.2) is 41.6 Å². The zero-order valence-electron chi connectivity index (χ0n) is 11.1. The van der Waals surface area contributed by atoms with Gasteiger partial charge in [0.2, 0.25) is 5.91 Å². The molecule has 98 valence electrons. The monoisotopic (exact) mass is 242 g/mol. The van der Waals surface area contributed by atoms with Crippen LogP contribution in [0.25, 0.3) is 0 Å². The molecule has 0 aromatic rings. The highest BCUT2D eigenvalue weighted by Gasteiger charge is 2.30. The topological polar surface area (TPSA) is 58.6 Å². The number of carbonyl (C=O) groups is 2. The van der Waals surface area contributed by atoms with Crippen LogP contribution in [0.5, 0.6) is 0 Å². The van der Waals surface area contributed by atoms with Crippen molar-refractivity contribution in [3.8, 4) is 0 Å². The molecule has 0 atom stereocenters. The first kappa shape index (κ1) is 13.8. The average Bonchev–Trinajstić information content (AvgIpc) is 2.91. The van der Waals surface area contributed by atoms with Gasteiger partial charge in [0.05, 0.1) is 0 Å². The molecule has 1 fully saturated rings. The summed E-state index contributed by atoms with van der Waals surface area (Å²) in [6.45, 7) is 8.01. The van der Waals surface area contributed by atoms with Gasteiger partial charge in [0, 0.05) is 26.1 Å². The van der Waals surface area contributed by atoms with Gasteiger partial charge >= 0.3 is 6.09 Å². The maximum Gasteiger partial charge on any atom is 0.407 e. The van der Waals surface area contributed by atoms with Gasteiger partial charge in [-0.3, -0.25) is 4.79 Å². The molecule has 0 unspecified atom stereocenters. The second-order valence-corrected chi connectivity index (χ2v) is 5.37. The average molecular weight is 242 g/mol. The highest BCUT2D eigenvalue weighted by Crippen LogP contribution is 2.26. The Morgan fingerprint density at radius 2 is 1.94 bits per heavy atom. The van der Waals surface area contributed by atoms with Crippen LogP contribution in [0.4, 0.5) is 4.79 Å². The normalized spacial score (nSPS) is 15.3. The molecule has 0 aliphatic heterocycles. The Hall–Kier alpha value is -1.26. The highest BCUT2D eigenvalue weighted by molar-refractivity contribution is 5.74. The minimum Gasteiger partial charge on any atom is -0.444 e. The molecule has 0 spiro atoms. The van der Waals surface area contributed by atoms with Crippen LogP contribution in [-0.2, 0) is 9.53 Å². The van der Waals surface area contributed by atoms with Crippen LogP contribution in [0.3, 0.4) is 0 Å². The first-order chi connectivity index (χ1) is 7.79. The van der Waals surface area contributed by atoms with E-state index in [4.69, 9.17) is 4.74 Å². The van der Waals surface area contributed by atoms with E-state index in [1.165, 1.54) is 0 Å². The van der Waals surface area contributed by atoms with Crippen LogP contribution >= 0.6 is 0 Å².